The zero-order valence-electron chi connectivity index (χ0n) is 9.41. The molecule has 2 aromatic rings. The average Bonchev–Trinajstić information content (AvgIpc) is 2.72. The molecule has 0 aliphatic rings. The topological polar surface area (TPSA) is 18.5 Å². The van der Waals surface area contributed by atoms with Crippen molar-refractivity contribution in [3.8, 4) is 11.5 Å². The lowest BCUT2D eigenvalue weighted by molar-refractivity contribution is -0.275. The van der Waals surface area contributed by atoms with Gasteiger partial charge in [0, 0.05) is 4.88 Å². The fourth-order valence-corrected chi connectivity index (χ4v) is 2.75. The summed E-state index contributed by atoms with van der Waals surface area (Å²) in [5, 5.41) is 0. The highest BCUT2D eigenvalue weighted by Gasteiger charge is 2.32. The minimum atomic E-state index is -4.73. The van der Waals surface area contributed by atoms with Crippen molar-refractivity contribution in [2.75, 3.05) is 0 Å². The lowest BCUT2D eigenvalue weighted by Gasteiger charge is -2.13. The predicted molar refractivity (Wildman–Crippen MR) is 69.5 cm³/mol. The average molecular weight is 353 g/mol. The van der Waals surface area contributed by atoms with Gasteiger partial charge in [0.15, 0.2) is 11.5 Å². The van der Waals surface area contributed by atoms with Crippen LogP contribution < -0.4 is 9.47 Å². The Morgan fingerprint density at radius 2 is 1.74 bits per heavy atom. The summed E-state index contributed by atoms with van der Waals surface area (Å²) >= 11 is 4.76. The molecular weight excluding hydrogens is 345 g/mol. The Bertz CT molecular complexity index is 554. The fraction of sp³-hybridized carbons (Fsp3) is 0.167. The molecular formula is C12H8BrF3O2S. The molecule has 1 heterocycles. The molecule has 0 atom stereocenters. The summed E-state index contributed by atoms with van der Waals surface area (Å²) in [5.74, 6) is -0.282. The maximum absolute atomic E-state index is 12.2. The molecule has 0 unspecified atom stereocenters. The van der Waals surface area contributed by atoms with Crippen molar-refractivity contribution in [1.82, 2.24) is 0 Å². The number of thiophene rings is 1. The molecule has 0 N–H and O–H groups in total. The number of alkyl halides is 3. The van der Waals surface area contributed by atoms with Crippen LogP contribution in [0.3, 0.4) is 0 Å². The Morgan fingerprint density at radius 1 is 1.05 bits per heavy atom. The van der Waals surface area contributed by atoms with E-state index in [1.807, 2.05) is 12.1 Å². The van der Waals surface area contributed by atoms with Crippen LogP contribution in [0.25, 0.3) is 0 Å². The van der Waals surface area contributed by atoms with Gasteiger partial charge in [-0.15, -0.1) is 24.5 Å². The Labute approximate surface area is 119 Å². The summed E-state index contributed by atoms with van der Waals surface area (Å²) in [5.41, 5.74) is 0. The highest BCUT2D eigenvalue weighted by atomic mass is 79.9. The molecule has 0 spiro atoms. The van der Waals surface area contributed by atoms with Gasteiger partial charge in [-0.3, -0.25) is 0 Å². The first-order valence-corrected chi connectivity index (χ1v) is 6.77. The molecule has 0 radical (unpaired) electrons. The lowest BCUT2D eigenvalue weighted by Crippen LogP contribution is -2.17. The third-order valence-electron chi connectivity index (χ3n) is 2.07. The molecule has 0 amide bonds. The summed E-state index contributed by atoms with van der Waals surface area (Å²) in [7, 11) is 0. The summed E-state index contributed by atoms with van der Waals surface area (Å²) < 4.78 is 46.8. The van der Waals surface area contributed by atoms with Crippen LogP contribution >= 0.6 is 27.3 Å². The third-order valence-corrected chi connectivity index (χ3v) is 3.67. The number of ether oxygens (including phenoxy) is 2. The summed E-state index contributed by atoms with van der Waals surface area (Å²) in [6, 6.07) is 9.37. The van der Waals surface area contributed by atoms with E-state index >= 15 is 0 Å². The Kier molecular flexibility index (Phi) is 4.36. The molecule has 7 heteroatoms. The van der Waals surface area contributed by atoms with Gasteiger partial charge in [0.25, 0.3) is 0 Å². The van der Waals surface area contributed by atoms with E-state index in [4.69, 9.17) is 4.74 Å². The zero-order chi connectivity index (χ0) is 13.9. The maximum atomic E-state index is 12.2. The highest BCUT2D eigenvalue weighted by molar-refractivity contribution is 9.11. The van der Waals surface area contributed by atoms with Crippen LogP contribution in [0.2, 0.25) is 0 Å². The largest absolute Gasteiger partial charge is 0.573 e. The Balaban J connectivity index is 2.07. The van der Waals surface area contributed by atoms with Crippen LogP contribution in [0.4, 0.5) is 13.2 Å². The molecule has 2 nitrogen and oxygen atoms in total. The van der Waals surface area contributed by atoms with E-state index in [-0.39, 0.29) is 18.1 Å². The van der Waals surface area contributed by atoms with Gasteiger partial charge in [0.1, 0.15) is 6.61 Å². The quantitative estimate of drug-likeness (QED) is 0.771. The summed E-state index contributed by atoms with van der Waals surface area (Å²) in [4.78, 5) is 0.897. The van der Waals surface area contributed by atoms with Crippen molar-refractivity contribution in [2.24, 2.45) is 0 Å². The second kappa shape index (κ2) is 5.83. The van der Waals surface area contributed by atoms with Crippen molar-refractivity contribution in [3.05, 3.63) is 45.1 Å². The van der Waals surface area contributed by atoms with Crippen LogP contribution in [0, 0.1) is 0 Å². The molecule has 0 saturated heterocycles. The van der Waals surface area contributed by atoms with E-state index in [2.05, 4.69) is 20.7 Å². The van der Waals surface area contributed by atoms with Crippen molar-refractivity contribution < 1.29 is 22.6 Å². The minimum absolute atomic E-state index is 0.0596. The van der Waals surface area contributed by atoms with Gasteiger partial charge < -0.3 is 9.47 Å². The van der Waals surface area contributed by atoms with E-state index in [1.54, 1.807) is 6.07 Å². The van der Waals surface area contributed by atoms with Gasteiger partial charge in [0.05, 0.1) is 3.79 Å². The highest BCUT2D eigenvalue weighted by Crippen LogP contribution is 2.33. The van der Waals surface area contributed by atoms with Gasteiger partial charge in [0.2, 0.25) is 0 Å². The molecule has 1 aromatic heterocycles. The van der Waals surface area contributed by atoms with Gasteiger partial charge in [-0.2, -0.15) is 0 Å². The molecule has 0 fully saturated rings. The number of benzene rings is 1. The van der Waals surface area contributed by atoms with Crippen molar-refractivity contribution in [2.45, 2.75) is 13.0 Å². The standard InChI is InChI=1S/C12H8BrF3O2S/c13-11-6-5-8(19-11)7-17-9-3-1-2-4-10(9)18-12(14,15)16/h1-6H,7H2. The summed E-state index contributed by atoms with van der Waals surface area (Å²) in [6.07, 6.45) is -4.73. The van der Waals surface area contributed by atoms with Crippen LogP contribution in [0.5, 0.6) is 11.5 Å². The third kappa shape index (κ3) is 4.43. The number of hydrogen-bond acceptors (Lipinski definition) is 3. The van der Waals surface area contributed by atoms with Gasteiger partial charge in [-0.05, 0) is 40.2 Å². The first kappa shape index (κ1) is 14.2. The molecule has 0 bridgehead atoms. The van der Waals surface area contributed by atoms with Gasteiger partial charge in [-0.1, -0.05) is 12.1 Å². The zero-order valence-corrected chi connectivity index (χ0v) is 11.8. The minimum Gasteiger partial charge on any atom is -0.484 e. The van der Waals surface area contributed by atoms with E-state index in [0.717, 1.165) is 8.66 Å². The van der Waals surface area contributed by atoms with Gasteiger partial charge in [-0.25, -0.2) is 0 Å². The Morgan fingerprint density at radius 3 is 2.32 bits per heavy atom. The van der Waals surface area contributed by atoms with Crippen LogP contribution in [0.1, 0.15) is 4.88 Å². The van der Waals surface area contributed by atoms with Crippen LogP contribution in [-0.4, -0.2) is 6.36 Å². The van der Waals surface area contributed by atoms with Crippen molar-refractivity contribution >= 4 is 27.3 Å². The SMILES string of the molecule is FC(F)(F)Oc1ccccc1OCc1ccc(Br)s1. The second-order valence-corrected chi connectivity index (χ2v) is 6.04. The molecule has 0 saturated carbocycles. The van der Waals surface area contributed by atoms with Crippen LogP contribution in [-0.2, 0) is 6.61 Å². The number of halogens is 4. The molecule has 19 heavy (non-hydrogen) atoms. The lowest BCUT2D eigenvalue weighted by atomic mass is 10.3. The number of hydrogen-bond donors (Lipinski definition) is 0. The first-order valence-electron chi connectivity index (χ1n) is 5.16. The molecule has 2 rings (SSSR count). The maximum Gasteiger partial charge on any atom is 0.573 e. The number of rotatable bonds is 4. The summed E-state index contributed by atoms with van der Waals surface area (Å²) in [6.45, 7) is 0.189. The predicted octanol–water partition coefficient (Wildman–Crippen LogP) is 4.99. The molecule has 0 aliphatic heterocycles. The van der Waals surface area contributed by atoms with Crippen LogP contribution in [0.15, 0.2) is 40.2 Å². The van der Waals surface area contributed by atoms with Crippen molar-refractivity contribution in [3.63, 3.8) is 0 Å². The molecule has 0 aliphatic carbocycles. The van der Waals surface area contributed by atoms with E-state index < -0.39 is 6.36 Å². The monoisotopic (exact) mass is 352 g/mol. The Hall–Kier alpha value is -1.21. The first-order chi connectivity index (χ1) is 8.94. The smallest absolute Gasteiger partial charge is 0.484 e. The fourth-order valence-electron chi connectivity index (χ4n) is 1.36. The molecule has 1 aromatic carbocycles. The normalized spacial score (nSPS) is 11.4. The van der Waals surface area contributed by atoms with E-state index in [1.165, 1.54) is 29.5 Å². The van der Waals surface area contributed by atoms with E-state index in [9.17, 15) is 13.2 Å². The second-order valence-electron chi connectivity index (χ2n) is 3.49. The van der Waals surface area contributed by atoms with Gasteiger partial charge >= 0.3 is 6.36 Å². The molecule has 102 valence electrons. The number of para-hydroxylation sites is 2. The van der Waals surface area contributed by atoms with E-state index in [0.29, 0.717) is 0 Å². The van der Waals surface area contributed by atoms with Crippen molar-refractivity contribution in [1.29, 1.82) is 0 Å².